The molecule has 1 heterocycles. The first-order valence-electron chi connectivity index (χ1n) is 4.94. The summed E-state index contributed by atoms with van der Waals surface area (Å²) >= 11 is 2.13. The summed E-state index contributed by atoms with van der Waals surface area (Å²) < 4.78 is 27.5. The molecule has 0 aliphatic rings. The zero-order valence-corrected chi connectivity index (χ0v) is 12.1. The molecule has 0 fully saturated rings. The topological polar surface area (TPSA) is 95.1 Å². The average Bonchev–Trinajstić information content (AvgIpc) is 2.81. The van der Waals surface area contributed by atoms with E-state index in [-0.39, 0.29) is 17.2 Å². The standard InChI is InChI=1S/C10H10IN3O3S/c11-8-1-3-9(4-2-8)14-18(16,17)10-7(6-15)5-12-13-10/h1-5,14-15H,6H2,(H,12,13). The third kappa shape index (κ3) is 2.82. The molecule has 0 atom stereocenters. The van der Waals surface area contributed by atoms with Gasteiger partial charge in [-0.1, -0.05) is 0 Å². The molecule has 0 amide bonds. The van der Waals surface area contributed by atoms with Crippen molar-refractivity contribution in [1.29, 1.82) is 0 Å². The van der Waals surface area contributed by atoms with Crippen molar-refractivity contribution in [3.8, 4) is 0 Å². The number of nitrogens with one attached hydrogen (secondary N) is 2. The highest BCUT2D eigenvalue weighted by atomic mass is 127. The highest BCUT2D eigenvalue weighted by Crippen LogP contribution is 2.18. The van der Waals surface area contributed by atoms with Gasteiger partial charge in [-0.2, -0.15) is 13.5 Å². The molecule has 0 spiro atoms. The number of hydrogen-bond acceptors (Lipinski definition) is 4. The van der Waals surface area contributed by atoms with E-state index in [2.05, 4.69) is 37.5 Å². The van der Waals surface area contributed by atoms with E-state index in [1.165, 1.54) is 6.20 Å². The summed E-state index contributed by atoms with van der Waals surface area (Å²) in [6.45, 7) is -0.389. The summed E-state index contributed by atoms with van der Waals surface area (Å²) in [5.74, 6) is 0. The van der Waals surface area contributed by atoms with E-state index in [0.717, 1.165) is 3.57 Å². The number of aromatic amines is 1. The van der Waals surface area contributed by atoms with Crippen LogP contribution < -0.4 is 4.72 Å². The predicted octanol–water partition coefficient (Wildman–Crippen LogP) is 1.31. The van der Waals surface area contributed by atoms with Gasteiger partial charge in [-0.05, 0) is 46.9 Å². The van der Waals surface area contributed by atoms with Crippen molar-refractivity contribution >= 4 is 38.3 Å². The Morgan fingerprint density at radius 2 is 2.00 bits per heavy atom. The number of sulfonamides is 1. The maximum absolute atomic E-state index is 12.0. The largest absolute Gasteiger partial charge is 0.392 e. The van der Waals surface area contributed by atoms with Gasteiger partial charge in [0.1, 0.15) is 0 Å². The fraction of sp³-hybridized carbons (Fsp3) is 0.100. The number of benzene rings is 1. The highest BCUT2D eigenvalue weighted by Gasteiger charge is 2.20. The number of H-pyrrole nitrogens is 1. The Hall–Kier alpha value is -1.13. The van der Waals surface area contributed by atoms with Gasteiger partial charge in [0.2, 0.25) is 0 Å². The summed E-state index contributed by atoms with van der Waals surface area (Å²) in [4.78, 5) is 0. The van der Waals surface area contributed by atoms with Crippen molar-refractivity contribution in [2.24, 2.45) is 0 Å². The lowest BCUT2D eigenvalue weighted by Crippen LogP contribution is -2.15. The number of hydrogen-bond donors (Lipinski definition) is 3. The van der Waals surface area contributed by atoms with Crippen molar-refractivity contribution in [2.45, 2.75) is 11.6 Å². The molecule has 18 heavy (non-hydrogen) atoms. The molecule has 2 rings (SSSR count). The predicted molar refractivity (Wildman–Crippen MR) is 74.5 cm³/mol. The first kappa shape index (κ1) is 13.3. The minimum Gasteiger partial charge on any atom is -0.392 e. The summed E-state index contributed by atoms with van der Waals surface area (Å²) in [5, 5.41) is 14.9. The molecule has 6 nitrogen and oxygen atoms in total. The van der Waals surface area contributed by atoms with Crippen LogP contribution in [-0.2, 0) is 16.6 Å². The quantitative estimate of drug-likeness (QED) is 0.699. The van der Waals surface area contributed by atoms with Crippen molar-refractivity contribution in [3.63, 3.8) is 0 Å². The SMILES string of the molecule is O=S(=O)(Nc1ccc(I)cc1)c1[nH]ncc1CO. The second-order valence-corrected chi connectivity index (χ2v) is 6.36. The van der Waals surface area contributed by atoms with Crippen LogP contribution in [-0.4, -0.2) is 23.7 Å². The lowest BCUT2D eigenvalue weighted by molar-refractivity contribution is 0.278. The number of nitrogens with zero attached hydrogens (tertiary/aromatic N) is 1. The lowest BCUT2D eigenvalue weighted by atomic mass is 10.3. The van der Waals surface area contributed by atoms with E-state index in [1.54, 1.807) is 24.3 Å². The molecule has 0 unspecified atom stereocenters. The van der Waals surface area contributed by atoms with Crippen molar-refractivity contribution in [1.82, 2.24) is 10.2 Å². The minimum absolute atomic E-state index is 0.122. The Morgan fingerprint density at radius 1 is 1.33 bits per heavy atom. The van der Waals surface area contributed by atoms with Crippen LogP contribution in [0.1, 0.15) is 5.56 Å². The van der Waals surface area contributed by atoms with E-state index in [0.29, 0.717) is 5.69 Å². The maximum Gasteiger partial charge on any atom is 0.279 e. The summed E-state index contributed by atoms with van der Waals surface area (Å²) in [7, 11) is -3.76. The van der Waals surface area contributed by atoms with Gasteiger partial charge in [0.15, 0.2) is 5.03 Å². The van der Waals surface area contributed by atoms with E-state index in [9.17, 15) is 8.42 Å². The van der Waals surface area contributed by atoms with Crippen LogP contribution in [0.15, 0.2) is 35.5 Å². The molecule has 1 aromatic heterocycles. The molecule has 96 valence electrons. The third-order valence-corrected chi connectivity index (χ3v) is 4.33. The molecule has 2 aromatic rings. The molecule has 1 aromatic carbocycles. The molecule has 3 N–H and O–H groups in total. The highest BCUT2D eigenvalue weighted by molar-refractivity contribution is 14.1. The second kappa shape index (κ2) is 5.24. The molecule has 0 saturated heterocycles. The van der Waals surface area contributed by atoms with Gasteiger partial charge in [0.05, 0.1) is 12.8 Å². The van der Waals surface area contributed by atoms with Crippen LogP contribution in [0.2, 0.25) is 0 Å². The zero-order valence-electron chi connectivity index (χ0n) is 9.09. The Labute approximate surface area is 118 Å². The Morgan fingerprint density at radius 3 is 2.61 bits per heavy atom. The van der Waals surface area contributed by atoms with E-state index in [4.69, 9.17) is 5.11 Å². The van der Waals surface area contributed by atoms with Gasteiger partial charge in [-0.25, -0.2) is 0 Å². The van der Waals surface area contributed by atoms with Crippen LogP contribution in [0.4, 0.5) is 5.69 Å². The second-order valence-electron chi connectivity index (χ2n) is 3.49. The number of aliphatic hydroxyl groups excluding tert-OH is 1. The Kier molecular flexibility index (Phi) is 3.88. The Balaban J connectivity index is 2.30. The Bertz CT molecular complexity index is 637. The van der Waals surface area contributed by atoms with Crippen LogP contribution >= 0.6 is 22.6 Å². The molecule has 0 radical (unpaired) electrons. The number of aromatic nitrogens is 2. The van der Waals surface area contributed by atoms with Crippen LogP contribution in [0.3, 0.4) is 0 Å². The summed E-state index contributed by atoms with van der Waals surface area (Å²) in [5.41, 5.74) is 0.682. The smallest absolute Gasteiger partial charge is 0.279 e. The van der Waals surface area contributed by atoms with Crippen molar-refractivity contribution in [2.75, 3.05) is 4.72 Å². The number of anilines is 1. The summed E-state index contributed by atoms with van der Waals surface area (Å²) in [6.07, 6.45) is 1.28. The van der Waals surface area contributed by atoms with Gasteiger partial charge in [0.25, 0.3) is 10.0 Å². The maximum atomic E-state index is 12.0. The third-order valence-electron chi connectivity index (χ3n) is 2.21. The van der Waals surface area contributed by atoms with Gasteiger partial charge in [-0.3, -0.25) is 9.82 Å². The fourth-order valence-corrected chi connectivity index (χ4v) is 2.91. The monoisotopic (exact) mass is 379 g/mol. The van der Waals surface area contributed by atoms with Crippen LogP contribution in [0, 0.1) is 3.57 Å². The molecule has 0 aliphatic heterocycles. The van der Waals surface area contributed by atoms with E-state index >= 15 is 0 Å². The van der Waals surface area contributed by atoms with Crippen molar-refractivity contribution in [3.05, 3.63) is 39.6 Å². The zero-order chi connectivity index (χ0) is 13.2. The molecule has 0 aliphatic carbocycles. The number of rotatable bonds is 4. The van der Waals surface area contributed by atoms with E-state index < -0.39 is 10.0 Å². The van der Waals surface area contributed by atoms with Crippen LogP contribution in [0.25, 0.3) is 0 Å². The van der Waals surface area contributed by atoms with Gasteiger partial charge in [0, 0.05) is 14.8 Å². The van der Waals surface area contributed by atoms with Crippen molar-refractivity contribution < 1.29 is 13.5 Å². The normalized spacial score (nSPS) is 11.4. The van der Waals surface area contributed by atoms with E-state index in [1.807, 2.05) is 0 Å². The first-order chi connectivity index (χ1) is 8.53. The molecular weight excluding hydrogens is 369 g/mol. The number of aliphatic hydroxyl groups is 1. The number of halogens is 1. The minimum atomic E-state index is -3.76. The molecule has 0 saturated carbocycles. The van der Waals surface area contributed by atoms with Gasteiger partial charge < -0.3 is 5.11 Å². The molecule has 0 bridgehead atoms. The van der Waals surface area contributed by atoms with Gasteiger partial charge >= 0.3 is 0 Å². The molecule has 8 heteroatoms. The molecular formula is C10H10IN3O3S. The average molecular weight is 379 g/mol. The van der Waals surface area contributed by atoms with Gasteiger partial charge in [-0.15, -0.1) is 0 Å². The van der Waals surface area contributed by atoms with Crippen LogP contribution in [0.5, 0.6) is 0 Å². The fourth-order valence-electron chi connectivity index (χ4n) is 1.37. The first-order valence-corrected chi connectivity index (χ1v) is 7.50. The summed E-state index contributed by atoms with van der Waals surface area (Å²) in [6, 6.07) is 6.90. The lowest BCUT2D eigenvalue weighted by Gasteiger charge is -2.07.